The van der Waals surface area contributed by atoms with E-state index in [4.69, 9.17) is 23.7 Å². The van der Waals surface area contributed by atoms with Gasteiger partial charge >= 0.3 is 0 Å². The zero-order valence-corrected chi connectivity index (χ0v) is 17.7. The van der Waals surface area contributed by atoms with Gasteiger partial charge in [0.25, 0.3) is 6.48 Å². The molecule has 5 nitrogen and oxygen atoms in total. The van der Waals surface area contributed by atoms with Crippen LogP contribution in [0, 0.1) is 23.2 Å². The summed E-state index contributed by atoms with van der Waals surface area (Å²) in [7, 11) is 0. The zero-order valence-electron chi connectivity index (χ0n) is 17.7. The fraction of sp³-hybridized carbons (Fsp3) is 0.833. The zero-order chi connectivity index (χ0) is 19.6. The van der Waals surface area contributed by atoms with Gasteiger partial charge in [-0.05, 0) is 55.6 Å². The van der Waals surface area contributed by atoms with E-state index in [1.165, 1.54) is 24.0 Å². The summed E-state index contributed by atoms with van der Waals surface area (Å²) in [6.45, 7) is 8.06. The summed E-state index contributed by atoms with van der Waals surface area (Å²) >= 11 is 0. The first kappa shape index (κ1) is 17.9. The van der Waals surface area contributed by atoms with E-state index in [2.05, 4.69) is 26.8 Å². The van der Waals surface area contributed by atoms with Gasteiger partial charge in [0, 0.05) is 24.2 Å². The molecule has 8 rings (SSSR count). The van der Waals surface area contributed by atoms with Gasteiger partial charge < -0.3 is 23.7 Å². The minimum atomic E-state index is -0.470. The third kappa shape index (κ3) is 2.05. The summed E-state index contributed by atoms with van der Waals surface area (Å²) in [6.07, 6.45) is 9.43. The molecular weight excluding hydrogens is 368 g/mol. The molecule has 2 saturated carbocycles. The van der Waals surface area contributed by atoms with Crippen molar-refractivity contribution in [1.29, 1.82) is 0 Å². The van der Waals surface area contributed by atoms with Gasteiger partial charge in [0.05, 0.1) is 25.4 Å². The van der Waals surface area contributed by atoms with E-state index < -0.39 is 6.48 Å². The molecule has 4 saturated heterocycles. The van der Waals surface area contributed by atoms with E-state index in [0.29, 0.717) is 17.8 Å². The SMILES string of the molecule is CC1=C2C=C3C4OC5OC(CC3(CC[C@H]2[C@@H]2CCC3(OCCO3)[C@@]2(C)C1)O5)C4C. The Morgan fingerprint density at radius 2 is 1.90 bits per heavy atom. The molecule has 0 N–H and O–H groups in total. The van der Waals surface area contributed by atoms with Crippen LogP contribution in [0.15, 0.2) is 22.8 Å². The lowest BCUT2D eigenvalue weighted by atomic mass is 9.60. The highest BCUT2D eigenvalue weighted by atomic mass is 16.9. The van der Waals surface area contributed by atoms with Crippen LogP contribution in [-0.4, -0.2) is 43.3 Å². The van der Waals surface area contributed by atoms with Crippen LogP contribution in [0.4, 0.5) is 0 Å². The number of fused-ring (bicyclic) bond motifs is 4. The molecular formula is C24H32O5. The highest BCUT2D eigenvalue weighted by Gasteiger charge is 2.66. The van der Waals surface area contributed by atoms with Gasteiger partial charge in [-0.2, -0.15) is 0 Å². The van der Waals surface area contributed by atoms with Crippen LogP contribution in [0.2, 0.25) is 0 Å². The maximum Gasteiger partial charge on any atom is 0.273 e. The Bertz CT molecular complexity index is 825. The Kier molecular flexibility index (Phi) is 3.43. The molecule has 0 aromatic carbocycles. The van der Waals surface area contributed by atoms with Crippen molar-refractivity contribution in [3.05, 3.63) is 22.8 Å². The van der Waals surface area contributed by atoms with Crippen molar-refractivity contribution in [3.63, 3.8) is 0 Å². The van der Waals surface area contributed by atoms with Gasteiger partial charge in [-0.15, -0.1) is 0 Å². The molecule has 158 valence electrons. The minimum Gasteiger partial charge on any atom is -0.347 e. The molecule has 2 spiro atoms. The normalized spacial score (nSPS) is 54.2. The quantitative estimate of drug-likeness (QED) is 0.613. The van der Waals surface area contributed by atoms with Gasteiger partial charge in [0.15, 0.2) is 5.79 Å². The van der Waals surface area contributed by atoms with Crippen molar-refractivity contribution >= 4 is 0 Å². The Morgan fingerprint density at radius 3 is 2.72 bits per heavy atom. The number of allylic oxidation sites excluding steroid dienone is 3. The monoisotopic (exact) mass is 400 g/mol. The summed E-state index contributed by atoms with van der Waals surface area (Å²) < 4.78 is 31.2. The lowest BCUT2D eigenvalue weighted by molar-refractivity contribution is -0.442. The van der Waals surface area contributed by atoms with Crippen molar-refractivity contribution in [2.75, 3.05) is 13.2 Å². The third-order valence-corrected chi connectivity index (χ3v) is 9.70. The average molecular weight is 401 g/mol. The molecule has 8 atom stereocenters. The molecule has 29 heavy (non-hydrogen) atoms. The standard InChI is InChI=1S/C24H32O5/c1-13-11-22(3)17(5-7-24(22)25-8-9-26-24)15-4-6-23-12-19-14(2)20(18(23)10-16(13)15)28-21(27-19)29-23/h10,14-15,17,19-21H,4-9,11-12H2,1-3H3/t14?,15-,17+,19?,20?,21?,22+,23?/m1/s1. The number of hydrogen-bond acceptors (Lipinski definition) is 5. The van der Waals surface area contributed by atoms with Gasteiger partial charge in [-0.25, -0.2) is 0 Å². The van der Waals surface area contributed by atoms with Crippen LogP contribution in [0.25, 0.3) is 0 Å². The minimum absolute atomic E-state index is 0.0679. The fourth-order valence-electron chi connectivity index (χ4n) is 8.31. The molecule has 4 bridgehead atoms. The van der Waals surface area contributed by atoms with Gasteiger partial charge in [-0.1, -0.05) is 25.5 Å². The third-order valence-electron chi connectivity index (χ3n) is 9.70. The topological polar surface area (TPSA) is 46.2 Å². The average Bonchev–Trinajstić information content (AvgIpc) is 3.23. The molecule has 8 aliphatic rings. The second kappa shape index (κ2) is 5.55. The highest BCUT2D eigenvalue weighted by Crippen LogP contribution is 2.66. The largest absolute Gasteiger partial charge is 0.347 e. The lowest BCUT2D eigenvalue weighted by Crippen LogP contribution is -2.65. The van der Waals surface area contributed by atoms with Crippen LogP contribution in [0.3, 0.4) is 0 Å². The maximum atomic E-state index is 6.43. The molecule has 0 radical (unpaired) electrons. The van der Waals surface area contributed by atoms with E-state index in [1.54, 1.807) is 5.57 Å². The van der Waals surface area contributed by atoms with Crippen molar-refractivity contribution in [2.45, 2.75) is 89.4 Å². The van der Waals surface area contributed by atoms with Gasteiger partial charge in [0.2, 0.25) is 0 Å². The smallest absolute Gasteiger partial charge is 0.273 e. The van der Waals surface area contributed by atoms with Crippen LogP contribution in [0.1, 0.15) is 59.3 Å². The van der Waals surface area contributed by atoms with E-state index >= 15 is 0 Å². The van der Waals surface area contributed by atoms with Crippen LogP contribution >= 0.6 is 0 Å². The Hall–Kier alpha value is -0.720. The van der Waals surface area contributed by atoms with Crippen molar-refractivity contribution in [1.82, 2.24) is 0 Å². The number of ether oxygens (including phenoxy) is 5. The van der Waals surface area contributed by atoms with Crippen molar-refractivity contribution in [2.24, 2.45) is 23.2 Å². The maximum absolute atomic E-state index is 6.43. The summed E-state index contributed by atoms with van der Waals surface area (Å²) in [4.78, 5) is 0. The van der Waals surface area contributed by atoms with Gasteiger partial charge in [-0.3, -0.25) is 0 Å². The summed E-state index contributed by atoms with van der Waals surface area (Å²) in [5, 5.41) is 0. The molecule has 0 amide bonds. The summed E-state index contributed by atoms with van der Waals surface area (Å²) in [6, 6.07) is 0. The predicted molar refractivity (Wildman–Crippen MR) is 105 cm³/mol. The van der Waals surface area contributed by atoms with E-state index in [-0.39, 0.29) is 29.0 Å². The van der Waals surface area contributed by atoms with E-state index in [0.717, 1.165) is 38.9 Å². The summed E-state index contributed by atoms with van der Waals surface area (Å²) in [5.41, 5.74) is 4.35. The van der Waals surface area contributed by atoms with Crippen molar-refractivity contribution < 1.29 is 23.7 Å². The predicted octanol–water partition coefficient (Wildman–Crippen LogP) is 4.08. The molecule has 5 heteroatoms. The molecule has 4 heterocycles. The number of rotatable bonds is 0. The first-order valence-electron chi connectivity index (χ1n) is 11.6. The lowest BCUT2D eigenvalue weighted by Gasteiger charge is -2.59. The first-order valence-corrected chi connectivity index (χ1v) is 11.6. The van der Waals surface area contributed by atoms with Crippen LogP contribution < -0.4 is 0 Å². The Morgan fingerprint density at radius 1 is 1.07 bits per heavy atom. The Labute approximate surface area is 172 Å². The van der Waals surface area contributed by atoms with E-state index in [1.807, 2.05) is 0 Å². The molecule has 0 aromatic rings. The Balaban J connectivity index is 1.33. The van der Waals surface area contributed by atoms with Gasteiger partial charge in [0.1, 0.15) is 5.60 Å². The van der Waals surface area contributed by atoms with Crippen LogP contribution in [0.5, 0.6) is 0 Å². The van der Waals surface area contributed by atoms with Crippen LogP contribution in [-0.2, 0) is 23.7 Å². The molecule has 4 aliphatic heterocycles. The molecule has 4 aliphatic carbocycles. The molecule has 0 aromatic heterocycles. The molecule has 5 unspecified atom stereocenters. The van der Waals surface area contributed by atoms with Crippen molar-refractivity contribution in [3.8, 4) is 0 Å². The second-order valence-electron chi connectivity index (χ2n) is 10.9. The summed E-state index contributed by atoms with van der Waals surface area (Å²) in [5.74, 6) is 1.20. The highest BCUT2D eigenvalue weighted by molar-refractivity contribution is 5.44. The first-order chi connectivity index (χ1) is 13.9. The number of hydrogen-bond donors (Lipinski definition) is 0. The second-order valence-corrected chi connectivity index (χ2v) is 10.9. The molecule has 6 fully saturated rings. The van der Waals surface area contributed by atoms with E-state index in [9.17, 15) is 0 Å². The fourth-order valence-corrected chi connectivity index (χ4v) is 8.31.